The average Bonchev–Trinajstić information content (AvgIpc) is 3.14. The van der Waals surface area contributed by atoms with Crippen molar-refractivity contribution < 1.29 is 13.9 Å². The van der Waals surface area contributed by atoms with Crippen molar-refractivity contribution in [2.75, 3.05) is 0 Å². The van der Waals surface area contributed by atoms with Gasteiger partial charge < -0.3 is 9.15 Å². The Morgan fingerprint density at radius 1 is 1.27 bits per heavy atom. The van der Waals surface area contributed by atoms with Crippen LogP contribution in [0.1, 0.15) is 21.8 Å². The number of hydrogen-bond donors (Lipinski definition) is 0. The van der Waals surface area contributed by atoms with E-state index in [0.29, 0.717) is 30.2 Å². The lowest BCUT2D eigenvalue weighted by molar-refractivity contribution is 0.110. The molecular formula is C17H16N2O3. The molecule has 1 aromatic carbocycles. The molecule has 0 aliphatic rings. The van der Waals surface area contributed by atoms with Gasteiger partial charge in [0.25, 0.3) is 0 Å². The number of nitrogens with zero attached hydrogens (tertiary/aromatic N) is 2. The summed E-state index contributed by atoms with van der Waals surface area (Å²) in [5.74, 6) is 1.62. The summed E-state index contributed by atoms with van der Waals surface area (Å²) in [7, 11) is 1.90. The van der Waals surface area contributed by atoms with Crippen LogP contribution >= 0.6 is 0 Å². The molecule has 0 radical (unpaired) electrons. The zero-order valence-electron chi connectivity index (χ0n) is 12.4. The van der Waals surface area contributed by atoms with Crippen molar-refractivity contribution in [2.24, 2.45) is 7.05 Å². The lowest BCUT2D eigenvalue weighted by Crippen LogP contribution is -1.99. The van der Waals surface area contributed by atoms with Gasteiger partial charge in [0.15, 0.2) is 12.0 Å². The highest BCUT2D eigenvalue weighted by atomic mass is 16.5. The second kappa shape index (κ2) is 5.89. The van der Waals surface area contributed by atoms with Gasteiger partial charge in [-0.1, -0.05) is 12.1 Å². The number of benzene rings is 1. The number of carbonyl (C=O) groups is 1. The van der Waals surface area contributed by atoms with Gasteiger partial charge in [-0.3, -0.25) is 9.48 Å². The van der Waals surface area contributed by atoms with Gasteiger partial charge in [-0.2, -0.15) is 5.10 Å². The number of furan rings is 1. The molecule has 0 saturated heterocycles. The Kier molecular flexibility index (Phi) is 3.78. The van der Waals surface area contributed by atoms with E-state index in [2.05, 4.69) is 5.10 Å². The van der Waals surface area contributed by atoms with Crippen LogP contribution in [0.3, 0.4) is 0 Å². The molecule has 3 rings (SSSR count). The Morgan fingerprint density at radius 2 is 2.09 bits per heavy atom. The molecular weight excluding hydrogens is 280 g/mol. The number of aromatic nitrogens is 2. The predicted octanol–water partition coefficient (Wildman–Crippen LogP) is 3.38. The zero-order chi connectivity index (χ0) is 15.5. The van der Waals surface area contributed by atoms with Gasteiger partial charge >= 0.3 is 0 Å². The lowest BCUT2D eigenvalue weighted by atomic mass is 10.1. The second-order valence-corrected chi connectivity index (χ2v) is 4.98. The van der Waals surface area contributed by atoms with E-state index in [4.69, 9.17) is 9.15 Å². The fourth-order valence-electron chi connectivity index (χ4n) is 2.20. The molecule has 2 heterocycles. The van der Waals surface area contributed by atoms with Crippen LogP contribution in [0.2, 0.25) is 0 Å². The van der Waals surface area contributed by atoms with Crippen LogP contribution in [-0.4, -0.2) is 16.1 Å². The van der Waals surface area contributed by atoms with Gasteiger partial charge in [-0.05, 0) is 31.2 Å². The van der Waals surface area contributed by atoms with Crippen molar-refractivity contribution >= 4 is 6.29 Å². The molecule has 0 bridgehead atoms. The van der Waals surface area contributed by atoms with Crippen LogP contribution in [0.5, 0.6) is 5.75 Å². The van der Waals surface area contributed by atoms with Crippen LogP contribution in [0.4, 0.5) is 0 Å². The first-order valence-electron chi connectivity index (χ1n) is 6.93. The van der Waals surface area contributed by atoms with Gasteiger partial charge in [-0.15, -0.1) is 0 Å². The van der Waals surface area contributed by atoms with Crippen LogP contribution < -0.4 is 4.74 Å². The van der Waals surface area contributed by atoms with Gasteiger partial charge in [0.2, 0.25) is 0 Å². The number of carbonyl (C=O) groups excluding carboxylic acids is 1. The van der Waals surface area contributed by atoms with E-state index in [9.17, 15) is 4.79 Å². The van der Waals surface area contributed by atoms with E-state index in [1.807, 2.05) is 42.9 Å². The number of para-hydroxylation sites is 1. The number of rotatable bonds is 5. The summed E-state index contributed by atoms with van der Waals surface area (Å²) < 4.78 is 13.2. The third-order valence-electron chi connectivity index (χ3n) is 3.62. The van der Waals surface area contributed by atoms with Crippen molar-refractivity contribution in [1.29, 1.82) is 0 Å². The number of hydrogen-bond acceptors (Lipinski definition) is 4. The van der Waals surface area contributed by atoms with Crippen LogP contribution in [0, 0.1) is 6.92 Å². The van der Waals surface area contributed by atoms with Crippen molar-refractivity contribution in [1.82, 2.24) is 9.78 Å². The fraction of sp³-hybridized carbons (Fsp3) is 0.176. The molecule has 112 valence electrons. The Labute approximate surface area is 128 Å². The molecule has 0 amide bonds. The molecule has 0 aliphatic heterocycles. The number of aldehydes is 1. The monoisotopic (exact) mass is 296 g/mol. The molecule has 0 aliphatic carbocycles. The first-order chi connectivity index (χ1) is 10.7. The van der Waals surface area contributed by atoms with Crippen LogP contribution in [-0.2, 0) is 13.7 Å². The highest BCUT2D eigenvalue weighted by Gasteiger charge is 2.11. The first kappa shape index (κ1) is 14.1. The number of aryl methyl sites for hydroxylation is 1. The third-order valence-corrected chi connectivity index (χ3v) is 3.62. The highest BCUT2D eigenvalue weighted by Crippen LogP contribution is 2.31. The summed E-state index contributed by atoms with van der Waals surface area (Å²) >= 11 is 0. The van der Waals surface area contributed by atoms with E-state index in [0.717, 1.165) is 16.8 Å². The minimum Gasteiger partial charge on any atom is -0.488 e. The van der Waals surface area contributed by atoms with Crippen LogP contribution in [0.25, 0.3) is 11.3 Å². The molecule has 0 N–H and O–H groups in total. The number of ether oxygens (including phenoxy) is 1. The Bertz CT molecular complexity index is 802. The van der Waals surface area contributed by atoms with Gasteiger partial charge in [0.1, 0.15) is 18.1 Å². The third kappa shape index (κ3) is 2.65. The molecule has 2 aromatic heterocycles. The Morgan fingerprint density at radius 3 is 2.77 bits per heavy atom. The van der Waals surface area contributed by atoms with Gasteiger partial charge in [0.05, 0.1) is 11.8 Å². The topological polar surface area (TPSA) is 57.3 Å². The largest absolute Gasteiger partial charge is 0.488 e. The smallest absolute Gasteiger partial charge is 0.185 e. The Hall–Kier alpha value is -2.82. The lowest BCUT2D eigenvalue weighted by Gasteiger charge is -2.09. The summed E-state index contributed by atoms with van der Waals surface area (Å²) in [4.78, 5) is 10.8. The van der Waals surface area contributed by atoms with Crippen molar-refractivity contribution in [3.8, 4) is 17.1 Å². The van der Waals surface area contributed by atoms with E-state index in [1.54, 1.807) is 18.3 Å². The van der Waals surface area contributed by atoms with Gasteiger partial charge in [-0.25, -0.2) is 0 Å². The van der Waals surface area contributed by atoms with E-state index in [-0.39, 0.29) is 0 Å². The maximum absolute atomic E-state index is 10.8. The zero-order valence-corrected chi connectivity index (χ0v) is 12.4. The standard InChI is InChI=1S/C17H16N2O3/c1-12-13(9-18-19(12)2)11-21-16-6-4-3-5-15(16)17-8-7-14(10-20)22-17/h3-10H,11H2,1-2H3. The van der Waals surface area contributed by atoms with Crippen molar-refractivity contribution in [3.05, 3.63) is 59.6 Å². The molecule has 5 heteroatoms. The molecule has 22 heavy (non-hydrogen) atoms. The molecule has 0 spiro atoms. The van der Waals surface area contributed by atoms with Crippen molar-refractivity contribution in [2.45, 2.75) is 13.5 Å². The summed E-state index contributed by atoms with van der Waals surface area (Å²) in [5.41, 5.74) is 2.92. The molecule has 5 nitrogen and oxygen atoms in total. The molecule has 3 aromatic rings. The predicted molar refractivity (Wildman–Crippen MR) is 81.8 cm³/mol. The van der Waals surface area contributed by atoms with E-state index < -0.39 is 0 Å². The molecule has 0 unspecified atom stereocenters. The average molecular weight is 296 g/mol. The van der Waals surface area contributed by atoms with E-state index in [1.165, 1.54) is 0 Å². The minimum atomic E-state index is 0.299. The Balaban J connectivity index is 1.85. The fourth-order valence-corrected chi connectivity index (χ4v) is 2.20. The quantitative estimate of drug-likeness (QED) is 0.677. The summed E-state index contributed by atoms with van der Waals surface area (Å²) in [6.07, 6.45) is 2.49. The molecule has 0 saturated carbocycles. The minimum absolute atomic E-state index is 0.299. The van der Waals surface area contributed by atoms with Crippen molar-refractivity contribution in [3.63, 3.8) is 0 Å². The van der Waals surface area contributed by atoms with Crippen LogP contribution in [0.15, 0.2) is 47.0 Å². The molecule has 0 atom stereocenters. The summed E-state index contributed by atoms with van der Waals surface area (Å²) in [5, 5.41) is 4.20. The summed E-state index contributed by atoms with van der Waals surface area (Å²) in [6.45, 7) is 2.43. The highest BCUT2D eigenvalue weighted by molar-refractivity contribution is 5.74. The summed E-state index contributed by atoms with van der Waals surface area (Å²) in [6, 6.07) is 11.0. The SMILES string of the molecule is Cc1c(COc2ccccc2-c2ccc(C=O)o2)cnn1C. The second-order valence-electron chi connectivity index (χ2n) is 4.98. The maximum Gasteiger partial charge on any atom is 0.185 e. The molecule has 0 fully saturated rings. The van der Waals surface area contributed by atoms with E-state index >= 15 is 0 Å². The first-order valence-corrected chi connectivity index (χ1v) is 6.93. The van der Waals surface area contributed by atoms with Gasteiger partial charge in [0, 0.05) is 18.3 Å². The maximum atomic E-state index is 10.8. The normalized spacial score (nSPS) is 10.6.